The molecule has 0 amide bonds. The van der Waals surface area contributed by atoms with Gasteiger partial charge in [-0.25, -0.2) is 9.97 Å². The summed E-state index contributed by atoms with van der Waals surface area (Å²) in [5, 5.41) is 4.31. The van der Waals surface area contributed by atoms with Crippen molar-refractivity contribution in [1.29, 1.82) is 0 Å². The number of benzene rings is 1. The zero-order chi connectivity index (χ0) is 18.5. The van der Waals surface area contributed by atoms with Crippen LogP contribution in [0, 0.1) is 0 Å². The molecule has 9 heteroatoms. The molecule has 140 valence electrons. The van der Waals surface area contributed by atoms with Crippen LogP contribution in [0.1, 0.15) is 12.0 Å². The van der Waals surface area contributed by atoms with Gasteiger partial charge in [0.1, 0.15) is 6.33 Å². The van der Waals surface area contributed by atoms with Crippen molar-refractivity contribution in [2.45, 2.75) is 25.0 Å². The Hall–Kier alpha value is -3.07. The lowest BCUT2D eigenvalue weighted by Gasteiger charge is -2.36. The Bertz CT molecular complexity index is 1120. The van der Waals surface area contributed by atoms with Gasteiger partial charge in [0.05, 0.1) is 24.3 Å². The van der Waals surface area contributed by atoms with Gasteiger partial charge >= 0.3 is 0 Å². The van der Waals surface area contributed by atoms with Gasteiger partial charge in [-0.3, -0.25) is 4.68 Å². The van der Waals surface area contributed by atoms with E-state index < -0.39 is 0 Å². The van der Waals surface area contributed by atoms with Gasteiger partial charge in [0.2, 0.25) is 0 Å². The third-order valence-corrected chi connectivity index (χ3v) is 6.22. The van der Waals surface area contributed by atoms with Crippen molar-refractivity contribution in [2.75, 3.05) is 22.9 Å². The van der Waals surface area contributed by atoms with Crippen molar-refractivity contribution in [1.82, 2.24) is 28.5 Å². The molecule has 2 bridgehead atoms. The van der Waals surface area contributed by atoms with E-state index in [1.165, 1.54) is 23.0 Å². The Kier molecular flexibility index (Phi) is 3.55. The first-order valence-corrected chi connectivity index (χ1v) is 10.1. The van der Waals surface area contributed by atoms with Crippen LogP contribution in [0.3, 0.4) is 0 Å². The summed E-state index contributed by atoms with van der Waals surface area (Å²) in [6, 6.07) is 11.7. The van der Waals surface area contributed by atoms with Crippen molar-refractivity contribution in [3.8, 4) is 0 Å². The molecule has 2 aliphatic heterocycles. The fourth-order valence-electron chi connectivity index (χ4n) is 4.48. The SMILES string of the molecule is c1cc(Cn2cccn2)cc(N2C[C@H]3C[C@H]2CN3c2ncnc3nsnc23)c1. The fraction of sp³-hybridized carbons (Fsp3) is 0.316. The minimum atomic E-state index is 0.444. The predicted octanol–water partition coefficient (Wildman–Crippen LogP) is 2.19. The Morgan fingerprint density at radius 2 is 1.96 bits per heavy atom. The lowest BCUT2D eigenvalue weighted by atomic mass is 10.1. The molecule has 2 saturated heterocycles. The molecular formula is C19H18N8S. The number of rotatable bonds is 4. The van der Waals surface area contributed by atoms with Crippen LogP contribution in [-0.4, -0.2) is 53.7 Å². The summed E-state index contributed by atoms with van der Waals surface area (Å²) in [5.74, 6) is 0.929. The van der Waals surface area contributed by atoms with Crippen LogP contribution in [0.5, 0.6) is 0 Å². The second kappa shape index (κ2) is 6.23. The van der Waals surface area contributed by atoms with E-state index in [1.54, 1.807) is 6.33 Å². The van der Waals surface area contributed by atoms with Crippen molar-refractivity contribution >= 4 is 34.4 Å². The van der Waals surface area contributed by atoms with E-state index in [4.69, 9.17) is 0 Å². The van der Waals surface area contributed by atoms with Gasteiger partial charge in [-0.1, -0.05) is 12.1 Å². The first-order valence-electron chi connectivity index (χ1n) is 9.38. The molecule has 4 aromatic rings. The Morgan fingerprint density at radius 1 is 1.04 bits per heavy atom. The molecule has 0 unspecified atom stereocenters. The first-order chi connectivity index (χ1) is 13.8. The largest absolute Gasteiger partial charge is 0.365 e. The monoisotopic (exact) mass is 390 g/mol. The topological polar surface area (TPSA) is 75.9 Å². The van der Waals surface area contributed by atoms with Gasteiger partial charge in [-0.2, -0.15) is 13.8 Å². The Labute approximate surface area is 165 Å². The fourth-order valence-corrected chi connectivity index (χ4v) is 4.97. The Balaban J connectivity index is 1.24. The van der Waals surface area contributed by atoms with Crippen LogP contribution >= 0.6 is 11.7 Å². The van der Waals surface area contributed by atoms with Crippen LogP contribution in [0.15, 0.2) is 49.1 Å². The lowest BCUT2D eigenvalue weighted by Crippen LogP contribution is -2.47. The second-order valence-electron chi connectivity index (χ2n) is 7.36. The minimum Gasteiger partial charge on any atom is -0.365 e. The van der Waals surface area contributed by atoms with E-state index in [-0.39, 0.29) is 0 Å². The lowest BCUT2D eigenvalue weighted by molar-refractivity contribution is 0.640. The van der Waals surface area contributed by atoms with E-state index in [1.807, 2.05) is 23.1 Å². The van der Waals surface area contributed by atoms with Gasteiger partial charge in [0, 0.05) is 37.2 Å². The molecule has 6 rings (SSSR count). The average molecular weight is 390 g/mol. The summed E-state index contributed by atoms with van der Waals surface area (Å²) in [6.45, 7) is 2.75. The quantitative estimate of drug-likeness (QED) is 0.529. The highest BCUT2D eigenvalue weighted by Crippen LogP contribution is 2.38. The van der Waals surface area contributed by atoms with E-state index in [9.17, 15) is 0 Å². The number of fused-ring (bicyclic) bond motifs is 3. The highest BCUT2D eigenvalue weighted by atomic mass is 32.1. The summed E-state index contributed by atoms with van der Waals surface area (Å²) in [5.41, 5.74) is 4.08. The van der Waals surface area contributed by atoms with E-state index >= 15 is 0 Å². The first kappa shape index (κ1) is 15.9. The highest BCUT2D eigenvalue weighted by Gasteiger charge is 2.44. The molecule has 0 spiro atoms. The molecule has 2 aliphatic rings. The number of nitrogens with zero attached hydrogens (tertiary/aromatic N) is 8. The van der Waals surface area contributed by atoms with Crippen molar-refractivity contribution in [2.24, 2.45) is 0 Å². The van der Waals surface area contributed by atoms with Crippen LogP contribution in [0.2, 0.25) is 0 Å². The molecule has 0 radical (unpaired) electrons. The molecule has 0 saturated carbocycles. The zero-order valence-electron chi connectivity index (χ0n) is 15.1. The summed E-state index contributed by atoms with van der Waals surface area (Å²) >= 11 is 1.20. The number of hydrogen-bond donors (Lipinski definition) is 0. The summed E-state index contributed by atoms with van der Waals surface area (Å²) in [6.07, 6.45) is 6.56. The van der Waals surface area contributed by atoms with Crippen LogP contribution < -0.4 is 9.80 Å². The molecule has 2 atom stereocenters. The average Bonchev–Trinajstić information content (AvgIpc) is 3.51. The zero-order valence-corrected chi connectivity index (χ0v) is 15.9. The van der Waals surface area contributed by atoms with Gasteiger partial charge in [0.15, 0.2) is 17.0 Å². The second-order valence-corrected chi connectivity index (χ2v) is 7.88. The van der Waals surface area contributed by atoms with Crippen LogP contribution in [-0.2, 0) is 6.54 Å². The Morgan fingerprint density at radius 3 is 2.82 bits per heavy atom. The van der Waals surface area contributed by atoms with Crippen molar-refractivity contribution < 1.29 is 0 Å². The van der Waals surface area contributed by atoms with Crippen molar-refractivity contribution in [3.05, 3.63) is 54.6 Å². The van der Waals surface area contributed by atoms with E-state index in [0.717, 1.165) is 37.4 Å². The van der Waals surface area contributed by atoms with Crippen LogP contribution in [0.25, 0.3) is 11.2 Å². The van der Waals surface area contributed by atoms with Gasteiger partial charge in [-0.15, -0.1) is 0 Å². The maximum atomic E-state index is 4.52. The molecule has 0 aliphatic carbocycles. The maximum absolute atomic E-state index is 4.52. The smallest absolute Gasteiger partial charge is 0.198 e. The number of hydrogen-bond acceptors (Lipinski definition) is 8. The molecule has 1 aromatic carbocycles. The van der Waals surface area contributed by atoms with Crippen LogP contribution in [0.4, 0.5) is 11.5 Å². The van der Waals surface area contributed by atoms with Gasteiger partial charge in [-0.05, 0) is 30.2 Å². The summed E-state index contributed by atoms with van der Waals surface area (Å²) < 4.78 is 10.6. The highest BCUT2D eigenvalue weighted by molar-refractivity contribution is 7.00. The third kappa shape index (κ3) is 2.54. The van der Waals surface area contributed by atoms with Gasteiger partial charge in [0.25, 0.3) is 0 Å². The third-order valence-electron chi connectivity index (χ3n) is 5.70. The van der Waals surface area contributed by atoms with Crippen molar-refractivity contribution in [3.63, 3.8) is 0 Å². The van der Waals surface area contributed by atoms with E-state index in [2.05, 4.69) is 57.9 Å². The normalized spacial score (nSPS) is 21.1. The molecule has 5 heterocycles. The standard InChI is InChI=1S/C19H18N8S/c1-3-13(9-25-6-2-5-22-25)7-14(4-1)26-10-16-8-15(26)11-27(16)19-17-18(20-12-21-19)24-28-23-17/h1-7,12,15-16H,8-11H2/t15-,16+/m0/s1. The molecule has 0 N–H and O–H groups in total. The molecule has 28 heavy (non-hydrogen) atoms. The molecule has 3 aromatic heterocycles. The van der Waals surface area contributed by atoms with Gasteiger partial charge < -0.3 is 9.80 Å². The number of piperazine rings is 1. The summed E-state index contributed by atoms with van der Waals surface area (Å²) in [7, 11) is 0. The minimum absolute atomic E-state index is 0.444. The molecule has 2 fully saturated rings. The number of aromatic nitrogens is 6. The van der Waals surface area contributed by atoms with E-state index in [0.29, 0.717) is 17.7 Å². The maximum Gasteiger partial charge on any atom is 0.198 e. The molecular weight excluding hydrogens is 372 g/mol. The predicted molar refractivity (Wildman–Crippen MR) is 108 cm³/mol. The molecule has 8 nitrogen and oxygen atoms in total. The summed E-state index contributed by atoms with van der Waals surface area (Å²) in [4.78, 5) is 13.7. The number of anilines is 2.